The van der Waals surface area contributed by atoms with Gasteiger partial charge in [0.15, 0.2) is 0 Å². The number of aryl methyl sites for hydroxylation is 2. The largest absolute Gasteiger partial charge is 0.441 e. The molecule has 2 aromatic rings. The van der Waals surface area contributed by atoms with E-state index in [-0.39, 0.29) is 13.2 Å². The summed E-state index contributed by atoms with van der Waals surface area (Å²) >= 11 is 0. The van der Waals surface area contributed by atoms with Crippen LogP contribution in [-0.2, 0) is 6.54 Å². The van der Waals surface area contributed by atoms with E-state index in [2.05, 4.69) is 17.9 Å². The van der Waals surface area contributed by atoms with Crippen molar-refractivity contribution in [3.05, 3.63) is 41.3 Å². The highest BCUT2D eigenvalue weighted by molar-refractivity contribution is 5.58. The number of likely N-dealkylation sites (tertiary alicyclic amines) is 1. The molecule has 0 spiro atoms. The number of nitrogens with zero attached hydrogens (tertiary/aromatic N) is 2. The molecule has 0 unspecified atom stereocenters. The molecule has 0 saturated carbocycles. The number of benzene rings is 1. The van der Waals surface area contributed by atoms with Crippen molar-refractivity contribution >= 4 is 0 Å². The fourth-order valence-corrected chi connectivity index (χ4v) is 3.47. The van der Waals surface area contributed by atoms with Crippen LogP contribution in [0.3, 0.4) is 0 Å². The normalized spacial score (nSPS) is 18.0. The molecule has 0 aliphatic carbocycles. The molecule has 1 fully saturated rings. The number of aromatic nitrogens is 1. The minimum absolute atomic E-state index is 0.0201. The van der Waals surface area contributed by atoms with E-state index in [0.717, 1.165) is 42.0 Å². The predicted octanol–water partition coefficient (Wildman–Crippen LogP) is 2.53. The second-order valence-corrected chi connectivity index (χ2v) is 6.97. The van der Waals surface area contributed by atoms with Crippen LogP contribution in [0.1, 0.15) is 29.9 Å². The number of oxazole rings is 1. The van der Waals surface area contributed by atoms with Crippen LogP contribution in [0, 0.1) is 19.3 Å². The van der Waals surface area contributed by atoms with Crippen LogP contribution in [0.2, 0.25) is 0 Å². The molecule has 130 valence electrons. The van der Waals surface area contributed by atoms with Crippen molar-refractivity contribution in [2.45, 2.75) is 33.2 Å². The Bertz CT molecular complexity index is 692. The van der Waals surface area contributed by atoms with Gasteiger partial charge in [-0.2, -0.15) is 0 Å². The number of aliphatic hydroxyl groups excluding tert-OH is 2. The molecule has 0 amide bonds. The Balaban J connectivity index is 1.78. The summed E-state index contributed by atoms with van der Waals surface area (Å²) in [5.74, 6) is 1.49. The fraction of sp³-hybridized carbons (Fsp3) is 0.526. The summed E-state index contributed by atoms with van der Waals surface area (Å²) in [6, 6.07) is 8.07. The van der Waals surface area contributed by atoms with Crippen LogP contribution in [0.15, 0.2) is 28.7 Å². The first-order valence-corrected chi connectivity index (χ1v) is 8.53. The summed E-state index contributed by atoms with van der Waals surface area (Å²) in [6.07, 6.45) is 1.84. The lowest BCUT2D eigenvalue weighted by Crippen LogP contribution is -2.47. The Morgan fingerprint density at radius 1 is 1.21 bits per heavy atom. The molecular formula is C19H26N2O3. The topological polar surface area (TPSA) is 69.7 Å². The van der Waals surface area contributed by atoms with Gasteiger partial charge in [-0.1, -0.05) is 18.2 Å². The summed E-state index contributed by atoms with van der Waals surface area (Å²) < 4.78 is 5.89. The predicted molar refractivity (Wildman–Crippen MR) is 92.5 cm³/mol. The molecule has 24 heavy (non-hydrogen) atoms. The minimum atomic E-state index is -0.394. The molecule has 2 N–H and O–H groups in total. The Morgan fingerprint density at radius 2 is 1.96 bits per heavy atom. The molecule has 5 heteroatoms. The molecule has 1 aromatic heterocycles. The summed E-state index contributed by atoms with van der Waals surface area (Å²) in [5, 5.41) is 19.3. The van der Waals surface area contributed by atoms with Crippen LogP contribution in [0.5, 0.6) is 0 Å². The van der Waals surface area contributed by atoms with Crippen molar-refractivity contribution in [1.82, 2.24) is 9.88 Å². The summed E-state index contributed by atoms with van der Waals surface area (Å²) in [5.41, 5.74) is 2.70. The van der Waals surface area contributed by atoms with Crippen molar-refractivity contribution in [2.24, 2.45) is 5.41 Å². The van der Waals surface area contributed by atoms with E-state index >= 15 is 0 Å². The molecule has 2 heterocycles. The number of aliphatic hydroxyl groups is 2. The van der Waals surface area contributed by atoms with Gasteiger partial charge in [0.2, 0.25) is 5.89 Å². The third-order valence-electron chi connectivity index (χ3n) is 5.05. The number of rotatable bonds is 5. The van der Waals surface area contributed by atoms with Crippen molar-refractivity contribution in [3.8, 4) is 11.5 Å². The van der Waals surface area contributed by atoms with Gasteiger partial charge in [0, 0.05) is 24.1 Å². The van der Waals surface area contributed by atoms with E-state index in [9.17, 15) is 10.2 Å². The number of hydrogen-bond acceptors (Lipinski definition) is 5. The Labute approximate surface area is 142 Å². The maximum atomic E-state index is 9.64. The summed E-state index contributed by atoms with van der Waals surface area (Å²) in [4.78, 5) is 6.95. The lowest BCUT2D eigenvalue weighted by atomic mass is 9.81. The van der Waals surface area contributed by atoms with Crippen molar-refractivity contribution in [2.75, 3.05) is 26.3 Å². The standard InChI is InChI=1S/C19H26N2O3/c1-14-6-3-4-7-16(14)18-20-17(15(2)24-18)10-21-9-5-8-19(11-21,12-22)13-23/h3-4,6-7,22-23H,5,8-13H2,1-2H3. The molecule has 0 bridgehead atoms. The Kier molecular flexibility index (Phi) is 5.04. The monoisotopic (exact) mass is 330 g/mol. The SMILES string of the molecule is Cc1ccccc1-c1nc(CN2CCCC(CO)(CO)C2)c(C)o1. The molecule has 1 aromatic carbocycles. The third kappa shape index (κ3) is 3.38. The Hall–Kier alpha value is -1.69. The first-order valence-electron chi connectivity index (χ1n) is 8.53. The van der Waals surface area contributed by atoms with E-state index in [1.807, 2.05) is 25.1 Å². The molecule has 1 aliphatic rings. The first kappa shape index (κ1) is 17.1. The van der Waals surface area contributed by atoms with Crippen molar-refractivity contribution in [3.63, 3.8) is 0 Å². The average Bonchev–Trinajstić information content (AvgIpc) is 2.96. The maximum Gasteiger partial charge on any atom is 0.226 e. The van der Waals surface area contributed by atoms with Crippen molar-refractivity contribution < 1.29 is 14.6 Å². The van der Waals surface area contributed by atoms with E-state index in [0.29, 0.717) is 19.0 Å². The van der Waals surface area contributed by atoms with E-state index in [4.69, 9.17) is 9.40 Å². The van der Waals surface area contributed by atoms with Crippen LogP contribution >= 0.6 is 0 Å². The maximum absolute atomic E-state index is 9.64. The molecular weight excluding hydrogens is 304 g/mol. The van der Waals surface area contributed by atoms with Crippen LogP contribution in [0.4, 0.5) is 0 Å². The highest BCUT2D eigenvalue weighted by Crippen LogP contribution is 2.31. The number of hydrogen-bond donors (Lipinski definition) is 2. The van der Waals surface area contributed by atoms with E-state index < -0.39 is 5.41 Å². The van der Waals surface area contributed by atoms with Gasteiger partial charge < -0.3 is 14.6 Å². The molecule has 5 nitrogen and oxygen atoms in total. The van der Waals surface area contributed by atoms with Gasteiger partial charge in [0.25, 0.3) is 0 Å². The summed E-state index contributed by atoms with van der Waals surface area (Å²) in [7, 11) is 0. The van der Waals surface area contributed by atoms with Gasteiger partial charge in [-0.15, -0.1) is 0 Å². The molecule has 3 rings (SSSR count). The van der Waals surface area contributed by atoms with Gasteiger partial charge in [-0.25, -0.2) is 4.98 Å². The van der Waals surface area contributed by atoms with Gasteiger partial charge >= 0.3 is 0 Å². The highest BCUT2D eigenvalue weighted by Gasteiger charge is 2.34. The van der Waals surface area contributed by atoms with Gasteiger partial charge in [-0.05, 0) is 44.9 Å². The second-order valence-electron chi connectivity index (χ2n) is 6.97. The first-order chi connectivity index (χ1) is 11.6. The van der Waals surface area contributed by atoms with Crippen LogP contribution in [-0.4, -0.2) is 46.4 Å². The van der Waals surface area contributed by atoms with E-state index in [1.165, 1.54) is 0 Å². The molecule has 1 aliphatic heterocycles. The zero-order chi connectivity index (χ0) is 17.2. The lowest BCUT2D eigenvalue weighted by molar-refractivity contribution is -0.0136. The fourth-order valence-electron chi connectivity index (χ4n) is 3.47. The lowest BCUT2D eigenvalue weighted by Gasteiger charge is -2.40. The molecule has 1 saturated heterocycles. The van der Waals surface area contributed by atoms with Gasteiger partial charge in [-0.3, -0.25) is 4.90 Å². The van der Waals surface area contributed by atoms with Gasteiger partial charge in [0.05, 0.1) is 18.9 Å². The second kappa shape index (κ2) is 7.05. The summed E-state index contributed by atoms with van der Waals surface area (Å²) in [6.45, 7) is 6.36. The van der Waals surface area contributed by atoms with Gasteiger partial charge in [0.1, 0.15) is 5.76 Å². The zero-order valence-electron chi connectivity index (χ0n) is 14.5. The molecule has 0 atom stereocenters. The zero-order valence-corrected chi connectivity index (χ0v) is 14.5. The van der Waals surface area contributed by atoms with E-state index in [1.54, 1.807) is 0 Å². The molecule has 0 radical (unpaired) electrons. The third-order valence-corrected chi connectivity index (χ3v) is 5.05. The van der Waals surface area contributed by atoms with Crippen LogP contribution < -0.4 is 0 Å². The highest BCUT2D eigenvalue weighted by atomic mass is 16.4. The quantitative estimate of drug-likeness (QED) is 0.881. The minimum Gasteiger partial charge on any atom is -0.441 e. The smallest absolute Gasteiger partial charge is 0.226 e. The van der Waals surface area contributed by atoms with Crippen LogP contribution in [0.25, 0.3) is 11.5 Å². The average molecular weight is 330 g/mol. The number of piperidine rings is 1. The Morgan fingerprint density at radius 3 is 2.67 bits per heavy atom. The van der Waals surface area contributed by atoms with Crippen molar-refractivity contribution in [1.29, 1.82) is 0 Å².